The maximum atomic E-state index is 16.8. The summed E-state index contributed by atoms with van der Waals surface area (Å²) < 4.78 is 39.5. The Bertz CT molecular complexity index is 1960. The number of phenolic OH excluding ortho intramolecular Hbond substituents is 1. The minimum atomic E-state index is -0.894. The quantitative estimate of drug-likeness (QED) is 0.287. The van der Waals surface area contributed by atoms with E-state index in [4.69, 9.17) is 9.72 Å². The number of pyridine rings is 1. The highest BCUT2D eigenvalue weighted by Gasteiger charge is 2.49. The molecule has 0 saturated carbocycles. The number of nitrogens with one attached hydrogen (secondary N) is 1. The van der Waals surface area contributed by atoms with Gasteiger partial charge in [0, 0.05) is 49.9 Å². The van der Waals surface area contributed by atoms with E-state index in [1.165, 1.54) is 6.07 Å². The van der Waals surface area contributed by atoms with Gasteiger partial charge in [0.2, 0.25) is 0 Å². The summed E-state index contributed by atoms with van der Waals surface area (Å²) in [7, 11) is 0. The number of alkyl halides is 1. The summed E-state index contributed by atoms with van der Waals surface area (Å²) in [5, 5.41) is 20.6. The van der Waals surface area contributed by atoms with Crippen molar-refractivity contribution in [2.24, 2.45) is 0 Å². The third-order valence-corrected chi connectivity index (χ3v) is 10.4. The zero-order valence-corrected chi connectivity index (χ0v) is 25.1. The second-order valence-electron chi connectivity index (χ2n) is 13.1. The van der Waals surface area contributed by atoms with E-state index in [-0.39, 0.29) is 47.7 Å². The molecule has 3 aromatic heterocycles. The smallest absolute Gasteiger partial charge is 0.319 e. The fourth-order valence-electron chi connectivity index (χ4n) is 8.32. The Morgan fingerprint density at radius 2 is 2.02 bits per heavy atom. The summed E-state index contributed by atoms with van der Waals surface area (Å²) in [6, 6.07) is 11.1. The number of phenols is 1. The topological polar surface area (TPSA) is 117 Å². The van der Waals surface area contributed by atoms with Gasteiger partial charge in [-0.1, -0.05) is 24.3 Å². The van der Waals surface area contributed by atoms with Crippen molar-refractivity contribution in [2.45, 2.75) is 55.5 Å². The Balaban J connectivity index is 1.14. The molecule has 5 aromatic rings. The predicted molar refractivity (Wildman–Crippen MR) is 167 cm³/mol. The molecule has 13 heteroatoms. The number of rotatable bonds is 6. The van der Waals surface area contributed by atoms with E-state index >= 15 is 4.39 Å². The van der Waals surface area contributed by atoms with Gasteiger partial charge in [0.05, 0.1) is 17.0 Å². The fraction of sp³-hybridized carbons (Fsp3) is 0.424. The average Bonchev–Trinajstić information content (AvgIpc) is 3.84. The second-order valence-corrected chi connectivity index (χ2v) is 13.1. The van der Waals surface area contributed by atoms with Crippen LogP contribution in [0.1, 0.15) is 31.7 Å². The Kier molecular flexibility index (Phi) is 6.36. The minimum Gasteiger partial charge on any atom is -0.508 e. The van der Waals surface area contributed by atoms with Gasteiger partial charge in [-0.25, -0.2) is 18.4 Å². The van der Waals surface area contributed by atoms with Gasteiger partial charge in [-0.3, -0.25) is 9.88 Å². The predicted octanol–water partition coefficient (Wildman–Crippen LogP) is 4.03. The highest BCUT2D eigenvalue weighted by Crippen LogP contribution is 2.42. The molecule has 4 aliphatic heterocycles. The second kappa shape index (κ2) is 10.5. The molecule has 5 atom stereocenters. The van der Waals surface area contributed by atoms with E-state index in [2.05, 4.69) is 35.2 Å². The summed E-state index contributed by atoms with van der Waals surface area (Å²) in [5.74, 6) is -0.0561. The highest BCUT2D eigenvalue weighted by molar-refractivity contribution is 5.99. The normalized spacial score (nSPS) is 27.6. The summed E-state index contributed by atoms with van der Waals surface area (Å²) in [6.45, 7) is 2.73. The number of ether oxygens (including phenoxy) is 1. The van der Waals surface area contributed by atoms with Gasteiger partial charge in [0.25, 0.3) is 0 Å². The van der Waals surface area contributed by atoms with Crippen LogP contribution in [0.25, 0.3) is 32.9 Å². The van der Waals surface area contributed by atoms with Crippen molar-refractivity contribution in [3.05, 3.63) is 61.1 Å². The molecule has 0 amide bonds. The number of benzene rings is 2. The Labute approximate surface area is 263 Å². The van der Waals surface area contributed by atoms with Gasteiger partial charge in [0.15, 0.2) is 5.82 Å². The van der Waals surface area contributed by atoms with Crippen LogP contribution < -0.4 is 15.0 Å². The third-order valence-electron chi connectivity index (χ3n) is 10.4. The molecule has 9 rings (SSSR count). The van der Waals surface area contributed by atoms with Crippen molar-refractivity contribution in [2.75, 3.05) is 37.7 Å². The van der Waals surface area contributed by atoms with Crippen LogP contribution in [0.5, 0.6) is 11.8 Å². The number of aromatic hydroxyl groups is 1. The summed E-state index contributed by atoms with van der Waals surface area (Å²) in [4.78, 5) is 22.6. The molecule has 0 radical (unpaired) electrons. The number of nitrogens with zero attached hydrogens (tertiary/aromatic N) is 8. The SMILES string of the molecule is Oc1cc(-c2ncc3c(N4CC5C[C@@H](n6cncn6)C(C4)N5)nc(OC[C@@]45CCCN4C[C@H](F)C5)nc3c2F)c2ccccc2c1. The molecule has 46 heavy (non-hydrogen) atoms. The first-order valence-electron chi connectivity index (χ1n) is 15.9. The van der Waals surface area contributed by atoms with Crippen LogP contribution in [-0.2, 0) is 0 Å². The number of halogens is 2. The highest BCUT2D eigenvalue weighted by atomic mass is 19.1. The molecule has 0 spiro atoms. The number of aromatic nitrogens is 6. The van der Waals surface area contributed by atoms with Gasteiger partial charge < -0.3 is 20.1 Å². The van der Waals surface area contributed by atoms with Crippen molar-refractivity contribution in [3.63, 3.8) is 0 Å². The molecule has 4 fully saturated rings. The van der Waals surface area contributed by atoms with Crippen molar-refractivity contribution in [1.29, 1.82) is 0 Å². The fourth-order valence-corrected chi connectivity index (χ4v) is 8.32. The largest absolute Gasteiger partial charge is 0.508 e. The van der Waals surface area contributed by atoms with Crippen molar-refractivity contribution in [3.8, 4) is 23.0 Å². The van der Waals surface area contributed by atoms with Crippen molar-refractivity contribution in [1.82, 2.24) is 39.9 Å². The lowest BCUT2D eigenvalue weighted by Crippen LogP contribution is -2.52. The molecule has 4 saturated heterocycles. The van der Waals surface area contributed by atoms with Crippen LogP contribution >= 0.6 is 0 Å². The van der Waals surface area contributed by atoms with Crippen LogP contribution in [0.15, 0.2) is 55.2 Å². The number of hydrogen-bond acceptors (Lipinski definition) is 10. The number of anilines is 1. The van der Waals surface area contributed by atoms with Gasteiger partial charge in [-0.05, 0) is 48.7 Å². The van der Waals surface area contributed by atoms with Crippen LogP contribution in [0.4, 0.5) is 14.6 Å². The Hall–Kier alpha value is -4.49. The molecule has 11 nitrogen and oxygen atoms in total. The molecular formula is C33H33F2N9O2. The van der Waals surface area contributed by atoms with E-state index < -0.39 is 17.5 Å². The Morgan fingerprint density at radius 3 is 2.91 bits per heavy atom. The number of piperazine rings is 1. The molecule has 4 aliphatic rings. The first kappa shape index (κ1) is 27.8. The van der Waals surface area contributed by atoms with Crippen LogP contribution in [0, 0.1) is 5.82 Å². The van der Waals surface area contributed by atoms with Gasteiger partial charge in [0.1, 0.15) is 48.2 Å². The lowest BCUT2D eigenvalue weighted by atomic mass is 9.95. The van der Waals surface area contributed by atoms with E-state index in [0.29, 0.717) is 42.8 Å². The van der Waals surface area contributed by atoms with Gasteiger partial charge >= 0.3 is 6.01 Å². The van der Waals surface area contributed by atoms with E-state index in [0.717, 1.165) is 36.6 Å². The van der Waals surface area contributed by atoms with E-state index in [1.807, 2.05) is 28.9 Å². The number of fused-ring (bicyclic) bond motifs is 5. The molecule has 2 unspecified atom stereocenters. The first-order valence-corrected chi connectivity index (χ1v) is 15.9. The number of hydrogen-bond donors (Lipinski definition) is 2. The third kappa shape index (κ3) is 4.47. The summed E-state index contributed by atoms with van der Waals surface area (Å²) >= 11 is 0. The molecule has 2 bridgehead atoms. The lowest BCUT2D eigenvalue weighted by Gasteiger charge is -2.35. The zero-order valence-electron chi connectivity index (χ0n) is 25.1. The maximum Gasteiger partial charge on any atom is 0.319 e. The standard InChI is InChI=1S/C33H33F2N9O2/c34-20-11-33(6-3-7-43(33)13-20)16-46-32-40-30-25(12-37-29(28(30)35)24-10-22(45)8-19-4-1-2-5-23(19)24)31(41-32)42-14-21-9-27(26(15-42)39-21)44-18-36-17-38-44/h1-2,4-5,8,10,12,17-18,20-21,26-27,39,45H,3,6-7,9,11,13-16H2/t20-,21?,26?,27-,33+/m1/s1. The first-order chi connectivity index (χ1) is 22.4. The van der Waals surface area contributed by atoms with E-state index in [1.54, 1.807) is 24.9 Å². The molecule has 236 valence electrons. The molecular weight excluding hydrogens is 592 g/mol. The molecule has 0 aliphatic carbocycles. The van der Waals surface area contributed by atoms with E-state index in [9.17, 15) is 9.50 Å². The van der Waals surface area contributed by atoms with Gasteiger partial charge in [-0.2, -0.15) is 15.1 Å². The van der Waals surface area contributed by atoms with Crippen molar-refractivity contribution >= 4 is 27.5 Å². The maximum absolute atomic E-state index is 16.8. The minimum absolute atomic E-state index is 0.0173. The van der Waals surface area contributed by atoms with Crippen LogP contribution in [-0.4, -0.2) is 96.3 Å². The molecule has 7 heterocycles. The van der Waals surface area contributed by atoms with Crippen molar-refractivity contribution < 1.29 is 18.6 Å². The summed E-state index contributed by atoms with van der Waals surface area (Å²) in [5.41, 5.74) is 0.235. The molecule has 2 N–H and O–H groups in total. The van der Waals surface area contributed by atoms with Crippen LogP contribution in [0.3, 0.4) is 0 Å². The molecule has 2 aromatic carbocycles. The monoisotopic (exact) mass is 625 g/mol. The van der Waals surface area contributed by atoms with Gasteiger partial charge in [-0.15, -0.1) is 0 Å². The summed E-state index contributed by atoms with van der Waals surface area (Å²) in [6.07, 6.45) is 7.12. The van der Waals surface area contributed by atoms with Crippen LogP contribution in [0.2, 0.25) is 0 Å². The Morgan fingerprint density at radius 1 is 1.11 bits per heavy atom. The lowest BCUT2D eigenvalue weighted by molar-refractivity contribution is 0.107. The average molecular weight is 626 g/mol. The zero-order chi connectivity index (χ0) is 31.0.